The van der Waals surface area contributed by atoms with Crippen LogP contribution in [0.3, 0.4) is 0 Å². The molecule has 0 unspecified atom stereocenters. The minimum Gasteiger partial charge on any atom is -0.323 e. The van der Waals surface area contributed by atoms with Crippen LogP contribution in [0.1, 0.15) is 11.4 Å². The molecule has 0 saturated heterocycles. The third kappa shape index (κ3) is 2.75. The first-order valence-electron chi connectivity index (χ1n) is 8.31. The Hall–Kier alpha value is -3.09. The van der Waals surface area contributed by atoms with Crippen molar-refractivity contribution in [2.75, 3.05) is 6.67 Å². The summed E-state index contributed by atoms with van der Waals surface area (Å²) in [5, 5.41) is 0. The fraction of sp³-hybridized carbons (Fsp3) is 0.211. The molecular weight excluding hydrogens is 336 g/mol. The molecule has 0 saturated carbocycles. The van der Waals surface area contributed by atoms with Crippen molar-refractivity contribution in [2.45, 2.75) is 20.0 Å². The van der Waals surface area contributed by atoms with Gasteiger partial charge in [0, 0.05) is 24.2 Å². The molecule has 0 spiro atoms. The Labute approximate surface area is 149 Å². The van der Waals surface area contributed by atoms with E-state index >= 15 is 0 Å². The van der Waals surface area contributed by atoms with Gasteiger partial charge < -0.3 is 9.13 Å². The van der Waals surface area contributed by atoms with Gasteiger partial charge in [0.2, 0.25) is 0 Å². The maximum atomic E-state index is 13.9. The normalized spacial score (nSPS) is 11.3. The van der Waals surface area contributed by atoms with Crippen LogP contribution in [0.2, 0.25) is 0 Å². The van der Waals surface area contributed by atoms with Crippen LogP contribution >= 0.6 is 0 Å². The Morgan fingerprint density at radius 2 is 1.96 bits per heavy atom. The van der Waals surface area contributed by atoms with Crippen LogP contribution in [0.15, 0.2) is 48.9 Å². The minimum atomic E-state index is -0.505. The lowest BCUT2D eigenvalue weighted by Crippen LogP contribution is -2.11. The number of halogens is 2. The summed E-state index contributed by atoms with van der Waals surface area (Å²) in [6.45, 7) is 1.80. The van der Waals surface area contributed by atoms with Crippen molar-refractivity contribution in [3.63, 3.8) is 0 Å². The van der Waals surface area contributed by atoms with Gasteiger partial charge in [-0.1, -0.05) is 12.1 Å². The lowest BCUT2D eigenvalue weighted by molar-refractivity contribution is 0.441. The van der Waals surface area contributed by atoms with Crippen molar-refractivity contribution in [3.05, 3.63) is 66.1 Å². The van der Waals surface area contributed by atoms with Crippen molar-refractivity contribution in [1.82, 2.24) is 24.1 Å². The molecule has 0 bridgehead atoms. The highest BCUT2D eigenvalue weighted by Crippen LogP contribution is 2.25. The van der Waals surface area contributed by atoms with E-state index in [0.717, 1.165) is 11.1 Å². The summed E-state index contributed by atoms with van der Waals surface area (Å²) in [5.74, 6) is 1.06. The number of nitrogens with zero attached hydrogens (tertiary/aromatic N) is 5. The number of hydrogen-bond acceptors (Lipinski definition) is 3. The molecule has 3 heterocycles. The van der Waals surface area contributed by atoms with E-state index in [4.69, 9.17) is 0 Å². The zero-order chi connectivity index (χ0) is 18.1. The molecule has 0 aliphatic heterocycles. The van der Waals surface area contributed by atoms with Crippen molar-refractivity contribution >= 4 is 11.2 Å². The zero-order valence-electron chi connectivity index (χ0n) is 14.2. The summed E-state index contributed by atoms with van der Waals surface area (Å²) in [6.07, 6.45) is 5.15. The summed E-state index contributed by atoms with van der Waals surface area (Å²) in [5.41, 5.74) is 2.64. The molecule has 0 atom stereocenters. The van der Waals surface area contributed by atoms with Crippen LogP contribution in [-0.4, -0.2) is 30.8 Å². The number of rotatable bonds is 5. The van der Waals surface area contributed by atoms with Gasteiger partial charge in [-0.2, -0.15) is 0 Å². The second kappa shape index (κ2) is 6.67. The summed E-state index contributed by atoms with van der Waals surface area (Å²) in [6, 6.07) is 8.59. The predicted octanol–water partition coefficient (Wildman–Crippen LogP) is 3.76. The van der Waals surface area contributed by atoms with Crippen molar-refractivity contribution < 1.29 is 8.78 Å². The Morgan fingerprint density at radius 1 is 1.08 bits per heavy atom. The van der Waals surface area contributed by atoms with Crippen LogP contribution in [0.5, 0.6) is 0 Å². The average Bonchev–Trinajstić information content (AvgIpc) is 3.23. The van der Waals surface area contributed by atoms with Gasteiger partial charge in [0.05, 0.1) is 13.1 Å². The molecule has 7 heteroatoms. The van der Waals surface area contributed by atoms with E-state index in [9.17, 15) is 8.78 Å². The van der Waals surface area contributed by atoms with Crippen LogP contribution in [0.4, 0.5) is 8.78 Å². The number of hydrogen-bond donors (Lipinski definition) is 0. The molecule has 0 N–H and O–H groups in total. The third-order valence-corrected chi connectivity index (χ3v) is 4.43. The second-order valence-corrected chi connectivity index (χ2v) is 6.01. The lowest BCUT2D eigenvalue weighted by atomic mass is 10.1. The van der Waals surface area contributed by atoms with Gasteiger partial charge in [0.15, 0.2) is 5.65 Å². The van der Waals surface area contributed by atoms with E-state index < -0.39 is 6.67 Å². The molecule has 0 amide bonds. The van der Waals surface area contributed by atoms with Crippen molar-refractivity contribution in [3.8, 4) is 11.4 Å². The second-order valence-electron chi connectivity index (χ2n) is 6.01. The number of aryl methyl sites for hydroxylation is 1. The van der Waals surface area contributed by atoms with Gasteiger partial charge >= 0.3 is 0 Å². The smallest absolute Gasteiger partial charge is 0.160 e. The van der Waals surface area contributed by atoms with Crippen LogP contribution < -0.4 is 0 Å². The first kappa shape index (κ1) is 16.4. The Morgan fingerprint density at radius 3 is 2.81 bits per heavy atom. The quantitative estimate of drug-likeness (QED) is 0.549. The van der Waals surface area contributed by atoms with Gasteiger partial charge in [0.25, 0.3) is 0 Å². The molecule has 132 valence electrons. The molecule has 5 nitrogen and oxygen atoms in total. The van der Waals surface area contributed by atoms with Crippen molar-refractivity contribution in [2.24, 2.45) is 0 Å². The maximum absolute atomic E-state index is 13.9. The molecule has 3 aromatic heterocycles. The van der Waals surface area contributed by atoms with Gasteiger partial charge in [-0.15, -0.1) is 0 Å². The number of pyridine rings is 1. The van der Waals surface area contributed by atoms with Crippen LogP contribution in [-0.2, 0) is 13.1 Å². The molecule has 0 fully saturated rings. The van der Waals surface area contributed by atoms with Gasteiger partial charge in [-0.05, 0) is 30.7 Å². The first-order valence-corrected chi connectivity index (χ1v) is 8.31. The molecule has 1 aromatic carbocycles. The fourth-order valence-corrected chi connectivity index (χ4v) is 3.13. The number of fused-ring (bicyclic) bond motifs is 1. The highest BCUT2D eigenvalue weighted by molar-refractivity contribution is 5.71. The van der Waals surface area contributed by atoms with Crippen LogP contribution in [0.25, 0.3) is 22.6 Å². The summed E-state index contributed by atoms with van der Waals surface area (Å²) in [4.78, 5) is 13.3. The largest absolute Gasteiger partial charge is 0.323 e. The molecule has 4 aromatic rings. The molecule has 0 aliphatic carbocycles. The van der Waals surface area contributed by atoms with E-state index in [1.165, 1.54) is 6.07 Å². The molecule has 0 radical (unpaired) electrons. The third-order valence-electron chi connectivity index (χ3n) is 4.43. The molecule has 4 rings (SSSR count). The number of benzene rings is 1. The predicted molar refractivity (Wildman–Crippen MR) is 95.0 cm³/mol. The van der Waals surface area contributed by atoms with Gasteiger partial charge in [-0.3, -0.25) is 0 Å². The minimum absolute atomic E-state index is 0.186. The first-order chi connectivity index (χ1) is 12.7. The number of alkyl halides is 1. The van der Waals surface area contributed by atoms with Crippen LogP contribution in [0, 0.1) is 12.7 Å². The average molecular weight is 353 g/mol. The van der Waals surface area contributed by atoms with Gasteiger partial charge in [-0.25, -0.2) is 23.7 Å². The summed E-state index contributed by atoms with van der Waals surface area (Å²) in [7, 11) is 0. The van der Waals surface area contributed by atoms with Crippen molar-refractivity contribution in [1.29, 1.82) is 0 Å². The Balaban J connectivity index is 1.78. The fourth-order valence-electron chi connectivity index (χ4n) is 3.13. The SMILES string of the molecule is Cc1c(F)cccc1-c1nccn1Cc1nc2cccnc2n1CCF. The van der Waals surface area contributed by atoms with E-state index in [1.54, 1.807) is 36.0 Å². The number of aromatic nitrogens is 5. The van der Waals surface area contributed by atoms with Gasteiger partial charge in [0.1, 0.15) is 29.7 Å². The maximum Gasteiger partial charge on any atom is 0.160 e. The monoisotopic (exact) mass is 353 g/mol. The highest BCUT2D eigenvalue weighted by atomic mass is 19.1. The standard InChI is InChI=1S/C19H17F2N5/c1-13-14(4-2-5-15(13)21)18-23-9-11-25(18)12-17-24-16-6-3-8-22-19(16)26(17)10-7-20/h2-6,8-9,11H,7,10,12H2,1H3. The van der Waals surface area contributed by atoms with E-state index in [2.05, 4.69) is 15.0 Å². The Kier molecular flexibility index (Phi) is 4.20. The highest BCUT2D eigenvalue weighted by Gasteiger charge is 2.16. The molecule has 0 aliphatic rings. The summed E-state index contributed by atoms with van der Waals surface area (Å²) >= 11 is 0. The van der Waals surface area contributed by atoms with E-state index in [0.29, 0.717) is 29.4 Å². The molecule has 26 heavy (non-hydrogen) atoms. The zero-order valence-corrected chi connectivity index (χ0v) is 14.2. The topological polar surface area (TPSA) is 48.5 Å². The van der Waals surface area contributed by atoms with E-state index in [-0.39, 0.29) is 12.4 Å². The molecular formula is C19H17F2N5. The summed E-state index contributed by atoms with van der Waals surface area (Å²) < 4.78 is 30.6. The Bertz CT molecular complexity index is 1070. The lowest BCUT2D eigenvalue weighted by Gasteiger charge is -2.11. The van der Waals surface area contributed by atoms with E-state index in [1.807, 2.05) is 22.9 Å². The number of imidazole rings is 2.